The summed E-state index contributed by atoms with van der Waals surface area (Å²) in [6.07, 6.45) is 0. The predicted octanol–water partition coefficient (Wildman–Crippen LogP) is 2.86. The van der Waals surface area contributed by atoms with Crippen molar-refractivity contribution < 1.29 is 0 Å². The SMILES string of the molecule is CC(N)C(C)CN(C)Cc1cccc(Br)c1. The zero-order valence-corrected chi connectivity index (χ0v) is 11.9. The Morgan fingerprint density at radius 1 is 1.38 bits per heavy atom. The van der Waals surface area contributed by atoms with Gasteiger partial charge in [-0.05, 0) is 37.6 Å². The van der Waals surface area contributed by atoms with Gasteiger partial charge in [0.05, 0.1) is 0 Å². The van der Waals surface area contributed by atoms with Crippen LogP contribution in [-0.4, -0.2) is 24.5 Å². The lowest BCUT2D eigenvalue weighted by Gasteiger charge is -2.23. The molecular formula is C13H21BrN2. The molecule has 0 saturated carbocycles. The number of halogens is 1. The zero-order chi connectivity index (χ0) is 12.1. The first-order valence-electron chi connectivity index (χ1n) is 5.67. The average Bonchev–Trinajstić information content (AvgIpc) is 2.16. The van der Waals surface area contributed by atoms with Gasteiger partial charge in [0, 0.05) is 23.6 Å². The molecule has 0 saturated heterocycles. The smallest absolute Gasteiger partial charge is 0.0231 e. The average molecular weight is 285 g/mol. The second-order valence-corrected chi connectivity index (χ2v) is 5.58. The number of benzene rings is 1. The largest absolute Gasteiger partial charge is 0.328 e. The fraction of sp³-hybridized carbons (Fsp3) is 0.538. The summed E-state index contributed by atoms with van der Waals surface area (Å²) in [4.78, 5) is 2.32. The molecule has 0 aliphatic rings. The summed E-state index contributed by atoms with van der Waals surface area (Å²) < 4.78 is 1.14. The van der Waals surface area contributed by atoms with Gasteiger partial charge >= 0.3 is 0 Å². The van der Waals surface area contributed by atoms with Crippen LogP contribution in [-0.2, 0) is 6.54 Å². The molecule has 0 aliphatic carbocycles. The fourth-order valence-corrected chi connectivity index (χ4v) is 2.12. The molecule has 0 fully saturated rings. The molecule has 1 rings (SSSR count). The molecule has 0 radical (unpaired) electrons. The molecule has 2 nitrogen and oxygen atoms in total. The van der Waals surface area contributed by atoms with Crippen molar-refractivity contribution >= 4 is 15.9 Å². The van der Waals surface area contributed by atoms with Crippen molar-refractivity contribution in [3.8, 4) is 0 Å². The molecule has 0 spiro atoms. The maximum Gasteiger partial charge on any atom is 0.0231 e. The lowest BCUT2D eigenvalue weighted by atomic mass is 10.0. The van der Waals surface area contributed by atoms with Crippen LogP contribution in [0.1, 0.15) is 19.4 Å². The monoisotopic (exact) mass is 284 g/mol. The molecule has 2 atom stereocenters. The fourth-order valence-electron chi connectivity index (χ4n) is 1.67. The van der Waals surface area contributed by atoms with Crippen LogP contribution in [0.15, 0.2) is 28.7 Å². The van der Waals surface area contributed by atoms with Crippen LogP contribution in [0, 0.1) is 5.92 Å². The van der Waals surface area contributed by atoms with Crippen molar-refractivity contribution in [2.24, 2.45) is 11.7 Å². The van der Waals surface area contributed by atoms with Crippen molar-refractivity contribution in [3.63, 3.8) is 0 Å². The third kappa shape index (κ3) is 4.64. The summed E-state index contributed by atoms with van der Waals surface area (Å²) in [5, 5.41) is 0. The second-order valence-electron chi connectivity index (χ2n) is 4.66. The van der Waals surface area contributed by atoms with Gasteiger partial charge in [0.1, 0.15) is 0 Å². The molecule has 0 bridgehead atoms. The van der Waals surface area contributed by atoms with Gasteiger partial charge in [0.25, 0.3) is 0 Å². The van der Waals surface area contributed by atoms with Crippen molar-refractivity contribution in [2.45, 2.75) is 26.4 Å². The van der Waals surface area contributed by atoms with Crippen molar-refractivity contribution in [2.75, 3.05) is 13.6 Å². The Kier molecular flexibility index (Phi) is 5.46. The Balaban J connectivity index is 2.48. The highest BCUT2D eigenvalue weighted by atomic mass is 79.9. The van der Waals surface area contributed by atoms with Crippen molar-refractivity contribution in [1.29, 1.82) is 0 Å². The predicted molar refractivity (Wildman–Crippen MR) is 73.3 cm³/mol. The Labute approximate surface area is 107 Å². The Bertz CT molecular complexity index is 325. The van der Waals surface area contributed by atoms with Gasteiger partial charge in [-0.2, -0.15) is 0 Å². The van der Waals surface area contributed by atoms with E-state index in [9.17, 15) is 0 Å². The minimum atomic E-state index is 0.255. The van der Waals surface area contributed by atoms with Crippen LogP contribution in [0.3, 0.4) is 0 Å². The van der Waals surface area contributed by atoms with E-state index < -0.39 is 0 Å². The number of nitrogens with zero attached hydrogens (tertiary/aromatic N) is 1. The molecule has 16 heavy (non-hydrogen) atoms. The van der Waals surface area contributed by atoms with Gasteiger partial charge in [-0.1, -0.05) is 35.0 Å². The lowest BCUT2D eigenvalue weighted by Crippen LogP contribution is -2.34. The molecule has 90 valence electrons. The lowest BCUT2D eigenvalue weighted by molar-refractivity contribution is 0.262. The van der Waals surface area contributed by atoms with Gasteiger partial charge < -0.3 is 10.6 Å². The maximum absolute atomic E-state index is 5.87. The van der Waals surface area contributed by atoms with Gasteiger partial charge in [-0.15, -0.1) is 0 Å². The van der Waals surface area contributed by atoms with E-state index in [1.807, 2.05) is 6.07 Å². The van der Waals surface area contributed by atoms with E-state index in [0.29, 0.717) is 5.92 Å². The van der Waals surface area contributed by atoms with E-state index in [0.717, 1.165) is 17.6 Å². The van der Waals surface area contributed by atoms with Crippen molar-refractivity contribution in [1.82, 2.24) is 4.90 Å². The maximum atomic E-state index is 5.87. The molecule has 1 aromatic rings. The van der Waals surface area contributed by atoms with E-state index in [4.69, 9.17) is 5.73 Å². The molecule has 0 heterocycles. The van der Waals surface area contributed by atoms with E-state index in [2.05, 4.69) is 59.9 Å². The first kappa shape index (κ1) is 13.7. The Morgan fingerprint density at radius 3 is 2.62 bits per heavy atom. The van der Waals surface area contributed by atoms with Crippen LogP contribution >= 0.6 is 15.9 Å². The normalized spacial score (nSPS) is 15.1. The number of rotatable bonds is 5. The van der Waals surface area contributed by atoms with E-state index in [-0.39, 0.29) is 6.04 Å². The van der Waals surface area contributed by atoms with Crippen LogP contribution in [0.2, 0.25) is 0 Å². The molecule has 0 aliphatic heterocycles. The van der Waals surface area contributed by atoms with Gasteiger partial charge in [-0.25, -0.2) is 0 Å². The summed E-state index contributed by atoms with van der Waals surface area (Å²) in [6.45, 7) is 6.26. The molecule has 1 aromatic carbocycles. The minimum Gasteiger partial charge on any atom is -0.328 e. The van der Waals surface area contributed by atoms with Crippen LogP contribution < -0.4 is 5.73 Å². The molecule has 2 unspecified atom stereocenters. The second kappa shape index (κ2) is 6.38. The topological polar surface area (TPSA) is 29.3 Å². The number of hydrogen-bond acceptors (Lipinski definition) is 2. The zero-order valence-electron chi connectivity index (χ0n) is 10.3. The summed E-state index contributed by atoms with van der Waals surface area (Å²) in [7, 11) is 2.14. The molecule has 0 amide bonds. The summed E-state index contributed by atoms with van der Waals surface area (Å²) in [5.41, 5.74) is 7.20. The molecule has 0 aromatic heterocycles. The highest BCUT2D eigenvalue weighted by Gasteiger charge is 2.10. The molecule has 3 heteroatoms. The molecule has 2 N–H and O–H groups in total. The third-order valence-corrected chi connectivity index (χ3v) is 3.33. The highest BCUT2D eigenvalue weighted by molar-refractivity contribution is 9.10. The minimum absolute atomic E-state index is 0.255. The summed E-state index contributed by atoms with van der Waals surface area (Å²) >= 11 is 3.49. The highest BCUT2D eigenvalue weighted by Crippen LogP contribution is 2.13. The van der Waals surface area contributed by atoms with Gasteiger partial charge in [0.2, 0.25) is 0 Å². The summed E-state index contributed by atoms with van der Waals surface area (Å²) in [5.74, 6) is 0.525. The first-order valence-corrected chi connectivity index (χ1v) is 6.47. The quantitative estimate of drug-likeness (QED) is 0.901. The summed E-state index contributed by atoms with van der Waals surface area (Å²) in [6, 6.07) is 8.69. The van der Waals surface area contributed by atoms with Crippen molar-refractivity contribution in [3.05, 3.63) is 34.3 Å². The van der Waals surface area contributed by atoms with E-state index >= 15 is 0 Å². The number of nitrogens with two attached hydrogens (primary N) is 1. The standard InChI is InChI=1S/C13H21BrN2/c1-10(11(2)15)8-16(3)9-12-5-4-6-13(14)7-12/h4-7,10-11H,8-9,15H2,1-3H3. The molecular weight excluding hydrogens is 264 g/mol. The van der Waals surface area contributed by atoms with Crippen LogP contribution in [0.4, 0.5) is 0 Å². The van der Waals surface area contributed by atoms with E-state index in [1.54, 1.807) is 0 Å². The van der Waals surface area contributed by atoms with Gasteiger partial charge in [-0.3, -0.25) is 0 Å². The first-order chi connectivity index (χ1) is 7.49. The third-order valence-electron chi connectivity index (χ3n) is 2.84. The number of hydrogen-bond donors (Lipinski definition) is 1. The Morgan fingerprint density at radius 2 is 2.06 bits per heavy atom. The van der Waals surface area contributed by atoms with Crippen LogP contribution in [0.5, 0.6) is 0 Å². The van der Waals surface area contributed by atoms with Gasteiger partial charge in [0.15, 0.2) is 0 Å². The van der Waals surface area contributed by atoms with Crippen LogP contribution in [0.25, 0.3) is 0 Å². The van der Waals surface area contributed by atoms with E-state index in [1.165, 1.54) is 5.56 Å². The Hall–Kier alpha value is -0.380.